The average molecular weight is 408 g/mol. The van der Waals surface area contributed by atoms with Crippen molar-refractivity contribution in [1.29, 1.82) is 0 Å². The molecule has 0 unspecified atom stereocenters. The first kappa shape index (κ1) is 18.1. The molecular weight excluding hydrogens is 388 g/mol. The number of fused-ring (bicyclic) bond motifs is 1. The molecule has 8 heteroatoms. The molecule has 0 saturated heterocycles. The third kappa shape index (κ3) is 3.55. The van der Waals surface area contributed by atoms with Gasteiger partial charge in [-0.25, -0.2) is 4.98 Å². The van der Waals surface area contributed by atoms with E-state index in [-0.39, 0.29) is 17.7 Å². The van der Waals surface area contributed by atoms with E-state index in [1.807, 2.05) is 30.3 Å². The van der Waals surface area contributed by atoms with E-state index in [0.717, 1.165) is 35.4 Å². The number of benzene rings is 1. The van der Waals surface area contributed by atoms with E-state index in [1.54, 1.807) is 11.0 Å². The first-order valence-electron chi connectivity index (χ1n) is 9.78. The number of anilines is 1. The van der Waals surface area contributed by atoms with Crippen LogP contribution in [0.1, 0.15) is 40.3 Å². The Morgan fingerprint density at radius 3 is 2.79 bits per heavy atom. The second-order valence-electron chi connectivity index (χ2n) is 7.43. The summed E-state index contributed by atoms with van der Waals surface area (Å²) in [5.41, 5.74) is 2.15. The van der Waals surface area contributed by atoms with Crippen molar-refractivity contribution in [2.45, 2.75) is 32.2 Å². The molecule has 1 aromatic carbocycles. The molecule has 3 aromatic rings. The summed E-state index contributed by atoms with van der Waals surface area (Å²) >= 11 is 1.45. The molecule has 2 aliphatic rings. The highest BCUT2D eigenvalue weighted by molar-refractivity contribution is 7.15. The van der Waals surface area contributed by atoms with Crippen molar-refractivity contribution < 1.29 is 14.1 Å². The second kappa shape index (κ2) is 7.44. The van der Waals surface area contributed by atoms with Gasteiger partial charge in [0.25, 0.3) is 5.91 Å². The van der Waals surface area contributed by atoms with Gasteiger partial charge in [-0.2, -0.15) is 0 Å². The van der Waals surface area contributed by atoms with Crippen LogP contribution in [0.2, 0.25) is 0 Å². The second-order valence-corrected chi connectivity index (χ2v) is 8.51. The van der Waals surface area contributed by atoms with Crippen LogP contribution in [0, 0.1) is 5.92 Å². The summed E-state index contributed by atoms with van der Waals surface area (Å²) < 4.78 is 5.36. The van der Waals surface area contributed by atoms with E-state index in [0.29, 0.717) is 36.1 Å². The Bertz CT molecular complexity index is 1060. The molecule has 1 saturated carbocycles. The predicted molar refractivity (Wildman–Crippen MR) is 108 cm³/mol. The van der Waals surface area contributed by atoms with Crippen LogP contribution in [0.5, 0.6) is 0 Å². The summed E-state index contributed by atoms with van der Waals surface area (Å²) in [5, 5.41) is 7.54. The molecule has 1 fully saturated rings. The van der Waals surface area contributed by atoms with Crippen molar-refractivity contribution in [3.8, 4) is 11.3 Å². The van der Waals surface area contributed by atoms with Crippen LogP contribution in [0.15, 0.2) is 40.9 Å². The van der Waals surface area contributed by atoms with Crippen molar-refractivity contribution in [1.82, 2.24) is 15.0 Å². The Hall–Kier alpha value is -3.00. The molecule has 2 aromatic heterocycles. The van der Waals surface area contributed by atoms with Crippen LogP contribution in [0.4, 0.5) is 5.13 Å². The molecule has 0 bridgehead atoms. The van der Waals surface area contributed by atoms with Crippen LogP contribution < -0.4 is 5.32 Å². The van der Waals surface area contributed by atoms with E-state index in [2.05, 4.69) is 15.5 Å². The normalized spacial score (nSPS) is 16.2. The average Bonchev–Trinajstić information content (AvgIpc) is 3.33. The highest BCUT2D eigenvalue weighted by Crippen LogP contribution is 2.32. The zero-order chi connectivity index (χ0) is 19.8. The van der Waals surface area contributed by atoms with Gasteiger partial charge in [0.15, 0.2) is 16.6 Å². The molecule has 0 spiro atoms. The number of aromatic nitrogens is 2. The van der Waals surface area contributed by atoms with Crippen molar-refractivity contribution in [3.63, 3.8) is 0 Å². The maximum Gasteiger partial charge on any atom is 0.276 e. The Kier molecular flexibility index (Phi) is 4.63. The minimum absolute atomic E-state index is 0.0614. The minimum Gasteiger partial charge on any atom is -0.355 e. The summed E-state index contributed by atoms with van der Waals surface area (Å²) in [4.78, 5) is 32.4. The number of thiazole rings is 1. The monoisotopic (exact) mass is 408 g/mol. The predicted octanol–water partition coefficient (Wildman–Crippen LogP) is 3.74. The zero-order valence-corrected chi connectivity index (χ0v) is 16.6. The summed E-state index contributed by atoms with van der Waals surface area (Å²) in [6.45, 7) is 1.04. The molecular formula is C21H20N4O3S. The molecule has 7 nitrogen and oxygen atoms in total. The smallest absolute Gasteiger partial charge is 0.276 e. The molecule has 148 valence electrons. The highest BCUT2D eigenvalue weighted by atomic mass is 32.1. The third-order valence-corrected chi connectivity index (χ3v) is 6.51. The lowest BCUT2D eigenvalue weighted by molar-refractivity contribution is -0.122. The SMILES string of the molecule is O=C(Nc1nc2c(s1)CN(C(=O)c1cc(-c3ccccc3)on1)CC2)C1CCC1. The van der Waals surface area contributed by atoms with Gasteiger partial charge in [0.1, 0.15) is 0 Å². The van der Waals surface area contributed by atoms with E-state index in [1.165, 1.54) is 11.3 Å². The summed E-state index contributed by atoms with van der Waals surface area (Å²) in [7, 11) is 0. The largest absolute Gasteiger partial charge is 0.355 e. The van der Waals surface area contributed by atoms with Crippen molar-refractivity contribution in [2.24, 2.45) is 5.92 Å². The number of amides is 2. The van der Waals surface area contributed by atoms with Crippen LogP contribution in [-0.4, -0.2) is 33.4 Å². The van der Waals surface area contributed by atoms with Crippen molar-refractivity contribution in [3.05, 3.63) is 52.7 Å². The molecule has 29 heavy (non-hydrogen) atoms. The van der Waals surface area contributed by atoms with Gasteiger partial charge in [0.05, 0.1) is 12.2 Å². The zero-order valence-electron chi connectivity index (χ0n) is 15.8. The molecule has 0 atom stereocenters. The molecule has 3 heterocycles. The van der Waals surface area contributed by atoms with Crippen molar-refractivity contribution in [2.75, 3.05) is 11.9 Å². The number of nitrogens with zero attached hydrogens (tertiary/aromatic N) is 3. The Labute approximate surface area is 171 Å². The fraction of sp³-hybridized carbons (Fsp3) is 0.333. The first-order valence-corrected chi connectivity index (χ1v) is 10.6. The van der Waals surface area contributed by atoms with Gasteiger partial charge in [-0.3, -0.25) is 9.59 Å². The standard InChI is InChI=1S/C21H20N4O3S/c26-19(14-7-4-8-14)23-21-22-15-9-10-25(12-18(15)29-21)20(27)16-11-17(28-24-16)13-5-2-1-3-6-13/h1-3,5-6,11,14H,4,7-10,12H2,(H,22,23,26). The third-order valence-electron chi connectivity index (χ3n) is 5.51. The van der Waals surface area contributed by atoms with Gasteiger partial charge in [0.2, 0.25) is 5.91 Å². The maximum absolute atomic E-state index is 12.9. The fourth-order valence-electron chi connectivity index (χ4n) is 3.58. The van der Waals surface area contributed by atoms with Crippen LogP contribution in [0.25, 0.3) is 11.3 Å². The van der Waals surface area contributed by atoms with E-state index >= 15 is 0 Å². The lowest BCUT2D eigenvalue weighted by atomic mass is 9.85. The van der Waals surface area contributed by atoms with Gasteiger partial charge in [-0.05, 0) is 12.8 Å². The van der Waals surface area contributed by atoms with Crippen LogP contribution in [0.3, 0.4) is 0 Å². The number of hydrogen-bond acceptors (Lipinski definition) is 6. The summed E-state index contributed by atoms with van der Waals surface area (Å²) in [6.07, 6.45) is 3.71. The van der Waals surface area contributed by atoms with Crippen LogP contribution >= 0.6 is 11.3 Å². The van der Waals surface area contributed by atoms with Gasteiger partial charge >= 0.3 is 0 Å². The quantitative estimate of drug-likeness (QED) is 0.711. The van der Waals surface area contributed by atoms with E-state index < -0.39 is 0 Å². The fourth-order valence-corrected chi connectivity index (χ4v) is 4.60. The lowest BCUT2D eigenvalue weighted by Gasteiger charge is -2.25. The number of nitrogens with one attached hydrogen (secondary N) is 1. The molecule has 1 aliphatic carbocycles. The molecule has 5 rings (SSSR count). The number of rotatable bonds is 4. The number of carbonyl (C=O) groups excluding carboxylic acids is 2. The number of carbonyl (C=O) groups is 2. The maximum atomic E-state index is 12.9. The Morgan fingerprint density at radius 2 is 2.03 bits per heavy atom. The van der Waals surface area contributed by atoms with Gasteiger partial charge in [-0.15, -0.1) is 0 Å². The topological polar surface area (TPSA) is 88.3 Å². The summed E-state index contributed by atoms with van der Waals surface area (Å²) in [6, 6.07) is 11.3. The highest BCUT2D eigenvalue weighted by Gasteiger charge is 2.29. The molecule has 1 aliphatic heterocycles. The summed E-state index contributed by atoms with van der Waals surface area (Å²) in [5.74, 6) is 0.603. The van der Waals surface area contributed by atoms with Crippen molar-refractivity contribution >= 4 is 28.3 Å². The Morgan fingerprint density at radius 1 is 1.21 bits per heavy atom. The van der Waals surface area contributed by atoms with Crippen LogP contribution in [-0.2, 0) is 17.8 Å². The molecule has 1 N–H and O–H groups in total. The van der Waals surface area contributed by atoms with Gasteiger partial charge in [-0.1, -0.05) is 53.2 Å². The van der Waals surface area contributed by atoms with E-state index in [4.69, 9.17) is 4.52 Å². The lowest BCUT2D eigenvalue weighted by Crippen LogP contribution is -2.35. The van der Waals surface area contributed by atoms with E-state index in [9.17, 15) is 9.59 Å². The minimum atomic E-state index is -0.157. The Balaban J connectivity index is 1.27. The molecule has 0 radical (unpaired) electrons. The molecule has 2 amide bonds. The number of hydrogen-bond donors (Lipinski definition) is 1. The first-order chi connectivity index (χ1) is 14.2. The van der Waals surface area contributed by atoms with Gasteiger partial charge < -0.3 is 14.7 Å². The van der Waals surface area contributed by atoms with Gasteiger partial charge in [0, 0.05) is 35.4 Å².